The summed E-state index contributed by atoms with van der Waals surface area (Å²) in [5.74, 6) is 0.958. The lowest BCUT2D eigenvalue weighted by molar-refractivity contribution is 0.629. The van der Waals surface area contributed by atoms with Crippen molar-refractivity contribution >= 4 is 17.0 Å². The summed E-state index contributed by atoms with van der Waals surface area (Å²) in [5, 5.41) is 6.91. The molecular formula is C13H18N4. The van der Waals surface area contributed by atoms with Crippen LogP contribution < -0.4 is 10.6 Å². The van der Waals surface area contributed by atoms with Crippen molar-refractivity contribution < 1.29 is 0 Å². The minimum absolute atomic E-state index is 0.592. The summed E-state index contributed by atoms with van der Waals surface area (Å²) >= 11 is 0. The predicted molar refractivity (Wildman–Crippen MR) is 70.2 cm³/mol. The average Bonchev–Trinajstić information content (AvgIpc) is 2.96. The van der Waals surface area contributed by atoms with Crippen LogP contribution in [0.25, 0.3) is 11.0 Å². The Morgan fingerprint density at radius 2 is 2.35 bits per heavy atom. The van der Waals surface area contributed by atoms with Gasteiger partial charge in [-0.25, -0.2) is 4.98 Å². The molecule has 1 aromatic heterocycles. The standard InChI is InChI=1S/C13H18N4/c1-17-12-7-3-2-6-11(12)16-13(17)15-9-10-5-4-8-14-10/h2-3,6-7,10,14H,4-5,8-9H2,1H3,(H,15,16). The van der Waals surface area contributed by atoms with Gasteiger partial charge in [0.2, 0.25) is 5.95 Å². The molecule has 0 bridgehead atoms. The van der Waals surface area contributed by atoms with Gasteiger partial charge >= 0.3 is 0 Å². The molecule has 1 aromatic carbocycles. The van der Waals surface area contributed by atoms with E-state index in [2.05, 4.69) is 33.3 Å². The summed E-state index contributed by atoms with van der Waals surface area (Å²) in [6.45, 7) is 2.10. The zero-order valence-electron chi connectivity index (χ0n) is 10.1. The van der Waals surface area contributed by atoms with Gasteiger partial charge in [0.25, 0.3) is 0 Å². The summed E-state index contributed by atoms with van der Waals surface area (Å²) in [6.07, 6.45) is 2.55. The molecule has 3 rings (SSSR count). The lowest BCUT2D eigenvalue weighted by Gasteiger charge is -2.11. The maximum Gasteiger partial charge on any atom is 0.203 e. The van der Waals surface area contributed by atoms with Crippen LogP contribution in [0.4, 0.5) is 5.95 Å². The molecule has 4 nitrogen and oxygen atoms in total. The van der Waals surface area contributed by atoms with E-state index in [0.717, 1.165) is 24.6 Å². The second kappa shape index (κ2) is 4.37. The number of aromatic nitrogens is 2. The number of para-hydroxylation sites is 2. The quantitative estimate of drug-likeness (QED) is 0.844. The van der Waals surface area contributed by atoms with Gasteiger partial charge in [0.05, 0.1) is 11.0 Å². The van der Waals surface area contributed by atoms with E-state index in [1.165, 1.54) is 18.4 Å². The third-order valence-electron chi connectivity index (χ3n) is 3.46. The smallest absolute Gasteiger partial charge is 0.203 e. The summed E-state index contributed by atoms with van der Waals surface area (Å²) < 4.78 is 2.12. The fourth-order valence-corrected chi connectivity index (χ4v) is 2.45. The maximum atomic E-state index is 4.60. The van der Waals surface area contributed by atoms with E-state index in [0.29, 0.717) is 6.04 Å². The first-order valence-corrected chi connectivity index (χ1v) is 6.23. The number of fused-ring (bicyclic) bond motifs is 1. The van der Waals surface area contributed by atoms with E-state index in [1.807, 2.05) is 18.2 Å². The van der Waals surface area contributed by atoms with Crippen LogP contribution >= 0.6 is 0 Å². The van der Waals surface area contributed by atoms with E-state index in [9.17, 15) is 0 Å². The Labute approximate surface area is 101 Å². The molecule has 0 spiro atoms. The van der Waals surface area contributed by atoms with Crippen LogP contribution in [0, 0.1) is 0 Å². The van der Waals surface area contributed by atoms with Gasteiger partial charge in [0.1, 0.15) is 0 Å². The first kappa shape index (κ1) is 10.6. The Balaban J connectivity index is 1.78. The number of hydrogen-bond donors (Lipinski definition) is 2. The maximum absolute atomic E-state index is 4.60. The minimum Gasteiger partial charge on any atom is -0.354 e. The molecule has 1 unspecified atom stereocenters. The van der Waals surface area contributed by atoms with E-state index in [-0.39, 0.29) is 0 Å². The van der Waals surface area contributed by atoms with Gasteiger partial charge in [0.15, 0.2) is 0 Å². The fourth-order valence-electron chi connectivity index (χ4n) is 2.45. The Morgan fingerprint density at radius 1 is 1.47 bits per heavy atom. The lowest BCUT2D eigenvalue weighted by Crippen LogP contribution is -2.29. The SMILES string of the molecule is Cn1c(NCC2CCCN2)nc2ccccc21. The molecule has 90 valence electrons. The molecule has 2 aromatic rings. The van der Waals surface area contributed by atoms with Crippen LogP contribution in [-0.4, -0.2) is 28.7 Å². The second-order valence-electron chi connectivity index (χ2n) is 4.66. The number of nitrogens with zero attached hydrogens (tertiary/aromatic N) is 2. The Morgan fingerprint density at radius 3 is 3.12 bits per heavy atom. The Bertz CT molecular complexity index is 511. The van der Waals surface area contributed by atoms with Crippen LogP contribution in [0.2, 0.25) is 0 Å². The Kier molecular flexibility index (Phi) is 2.73. The monoisotopic (exact) mass is 230 g/mol. The van der Waals surface area contributed by atoms with Crippen molar-refractivity contribution in [1.29, 1.82) is 0 Å². The van der Waals surface area contributed by atoms with Gasteiger partial charge in [-0.2, -0.15) is 0 Å². The first-order valence-electron chi connectivity index (χ1n) is 6.23. The number of aryl methyl sites for hydroxylation is 1. The third kappa shape index (κ3) is 2.00. The number of nitrogens with one attached hydrogen (secondary N) is 2. The summed E-state index contributed by atoms with van der Waals surface area (Å²) in [5.41, 5.74) is 2.23. The van der Waals surface area contributed by atoms with Crippen LogP contribution in [0.5, 0.6) is 0 Å². The van der Waals surface area contributed by atoms with Crippen molar-refractivity contribution in [2.75, 3.05) is 18.4 Å². The van der Waals surface area contributed by atoms with Crippen LogP contribution in [0.15, 0.2) is 24.3 Å². The number of imidazole rings is 1. The van der Waals surface area contributed by atoms with Gasteiger partial charge in [0, 0.05) is 19.6 Å². The van der Waals surface area contributed by atoms with Gasteiger partial charge in [-0.15, -0.1) is 0 Å². The normalized spacial score (nSPS) is 19.9. The van der Waals surface area contributed by atoms with E-state index < -0.39 is 0 Å². The van der Waals surface area contributed by atoms with Gasteiger partial charge < -0.3 is 15.2 Å². The van der Waals surface area contributed by atoms with Crippen LogP contribution in [-0.2, 0) is 7.05 Å². The van der Waals surface area contributed by atoms with Gasteiger partial charge in [-0.1, -0.05) is 12.1 Å². The highest BCUT2D eigenvalue weighted by Crippen LogP contribution is 2.17. The zero-order valence-corrected chi connectivity index (χ0v) is 10.1. The highest BCUT2D eigenvalue weighted by molar-refractivity contribution is 5.78. The lowest BCUT2D eigenvalue weighted by atomic mass is 10.2. The summed E-state index contributed by atoms with van der Waals surface area (Å²) in [4.78, 5) is 4.60. The van der Waals surface area contributed by atoms with Crippen molar-refractivity contribution in [3.05, 3.63) is 24.3 Å². The van der Waals surface area contributed by atoms with Gasteiger partial charge in [-0.3, -0.25) is 0 Å². The number of benzene rings is 1. The molecule has 4 heteroatoms. The molecule has 0 amide bonds. The molecule has 1 aliphatic rings. The molecule has 1 fully saturated rings. The Hall–Kier alpha value is -1.55. The number of rotatable bonds is 3. The molecule has 2 heterocycles. The topological polar surface area (TPSA) is 41.9 Å². The highest BCUT2D eigenvalue weighted by Gasteiger charge is 2.14. The molecule has 0 aliphatic carbocycles. The molecule has 1 atom stereocenters. The first-order chi connectivity index (χ1) is 8.34. The zero-order chi connectivity index (χ0) is 11.7. The third-order valence-corrected chi connectivity index (χ3v) is 3.46. The largest absolute Gasteiger partial charge is 0.354 e. The number of hydrogen-bond acceptors (Lipinski definition) is 3. The molecule has 2 N–H and O–H groups in total. The predicted octanol–water partition coefficient (Wildman–Crippen LogP) is 1.74. The average molecular weight is 230 g/mol. The van der Waals surface area contributed by atoms with E-state index >= 15 is 0 Å². The van der Waals surface area contributed by atoms with Gasteiger partial charge in [-0.05, 0) is 31.5 Å². The molecule has 17 heavy (non-hydrogen) atoms. The summed E-state index contributed by atoms with van der Waals surface area (Å²) in [6, 6.07) is 8.81. The summed E-state index contributed by atoms with van der Waals surface area (Å²) in [7, 11) is 2.06. The fraction of sp³-hybridized carbons (Fsp3) is 0.462. The molecule has 1 aliphatic heterocycles. The molecule has 0 saturated carbocycles. The molecule has 1 saturated heterocycles. The van der Waals surface area contributed by atoms with Crippen LogP contribution in [0.1, 0.15) is 12.8 Å². The molecular weight excluding hydrogens is 212 g/mol. The van der Waals surface area contributed by atoms with Crippen molar-refractivity contribution in [2.45, 2.75) is 18.9 Å². The number of anilines is 1. The van der Waals surface area contributed by atoms with Crippen LogP contribution in [0.3, 0.4) is 0 Å². The highest BCUT2D eigenvalue weighted by atomic mass is 15.2. The molecule has 0 radical (unpaired) electrons. The second-order valence-corrected chi connectivity index (χ2v) is 4.66. The van der Waals surface area contributed by atoms with Crippen molar-refractivity contribution in [3.63, 3.8) is 0 Å². The van der Waals surface area contributed by atoms with Crippen molar-refractivity contribution in [1.82, 2.24) is 14.9 Å². The minimum atomic E-state index is 0.592. The van der Waals surface area contributed by atoms with Crippen molar-refractivity contribution in [3.8, 4) is 0 Å². The van der Waals surface area contributed by atoms with E-state index in [1.54, 1.807) is 0 Å². The van der Waals surface area contributed by atoms with E-state index in [4.69, 9.17) is 0 Å². The van der Waals surface area contributed by atoms with Crippen molar-refractivity contribution in [2.24, 2.45) is 7.05 Å².